The highest BCUT2D eigenvalue weighted by Gasteiger charge is 2.21. The first-order chi connectivity index (χ1) is 12.2. The standard InChI is InChI=1S/C17H18N6O2/c1-11-8-18-16(25-11)12-3-2-4-13(7-12)21-17(24)22-14-5-6-15-19-10-20-23(15)9-14/h2-4,7-8,10,14H,5-6,9H2,1H3,(H2,21,22,24)/t14-/m1/s1. The number of aryl methyl sites for hydroxylation is 2. The molecule has 128 valence electrons. The zero-order chi connectivity index (χ0) is 17.2. The van der Waals surface area contributed by atoms with E-state index in [1.807, 2.05) is 35.9 Å². The second-order valence-electron chi connectivity index (χ2n) is 6.05. The zero-order valence-corrected chi connectivity index (χ0v) is 13.8. The Labute approximate surface area is 144 Å². The van der Waals surface area contributed by atoms with Crippen molar-refractivity contribution in [1.29, 1.82) is 0 Å². The number of oxazole rings is 1. The maximum absolute atomic E-state index is 12.3. The first-order valence-electron chi connectivity index (χ1n) is 8.14. The molecule has 1 aliphatic rings. The average Bonchev–Trinajstić information content (AvgIpc) is 3.23. The lowest BCUT2D eigenvalue weighted by molar-refractivity contribution is 0.243. The van der Waals surface area contributed by atoms with Crippen LogP contribution in [0.2, 0.25) is 0 Å². The number of carbonyl (C=O) groups excluding carboxylic acids is 1. The molecule has 0 aliphatic carbocycles. The van der Waals surface area contributed by atoms with Gasteiger partial charge in [0.25, 0.3) is 0 Å². The molecule has 1 atom stereocenters. The van der Waals surface area contributed by atoms with Gasteiger partial charge in [-0.15, -0.1) is 0 Å². The van der Waals surface area contributed by atoms with E-state index >= 15 is 0 Å². The van der Waals surface area contributed by atoms with Crippen LogP contribution in [0.1, 0.15) is 18.0 Å². The molecule has 3 aromatic rings. The van der Waals surface area contributed by atoms with Gasteiger partial charge in [-0.05, 0) is 31.5 Å². The van der Waals surface area contributed by atoms with E-state index in [2.05, 4.69) is 25.7 Å². The van der Waals surface area contributed by atoms with E-state index in [0.717, 1.165) is 30.0 Å². The lowest BCUT2D eigenvalue weighted by atomic mass is 10.1. The van der Waals surface area contributed by atoms with Gasteiger partial charge in [-0.2, -0.15) is 5.10 Å². The first kappa shape index (κ1) is 15.4. The average molecular weight is 338 g/mol. The van der Waals surface area contributed by atoms with Crippen molar-refractivity contribution in [2.24, 2.45) is 0 Å². The van der Waals surface area contributed by atoms with Gasteiger partial charge in [0.15, 0.2) is 0 Å². The molecule has 0 fully saturated rings. The molecule has 1 aliphatic heterocycles. The molecule has 0 unspecified atom stereocenters. The Balaban J connectivity index is 1.40. The summed E-state index contributed by atoms with van der Waals surface area (Å²) in [6.07, 6.45) is 4.88. The summed E-state index contributed by atoms with van der Waals surface area (Å²) in [5.41, 5.74) is 1.50. The zero-order valence-electron chi connectivity index (χ0n) is 13.8. The number of benzene rings is 1. The molecule has 2 N–H and O–H groups in total. The van der Waals surface area contributed by atoms with Gasteiger partial charge in [0.2, 0.25) is 5.89 Å². The Morgan fingerprint density at radius 1 is 1.36 bits per heavy atom. The number of nitrogens with one attached hydrogen (secondary N) is 2. The fourth-order valence-corrected chi connectivity index (χ4v) is 2.93. The molecule has 3 heterocycles. The molecular weight excluding hydrogens is 320 g/mol. The number of hydrogen-bond acceptors (Lipinski definition) is 5. The normalized spacial score (nSPS) is 16.3. The van der Waals surface area contributed by atoms with Crippen LogP contribution in [0.25, 0.3) is 11.5 Å². The van der Waals surface area contributed by atoms with Crippen LogP contribution in [0.5, 0.6) is 0 Å². The third-order valence-electron chi connectivity index (χ3n) is 4.13. The van der Waals surface area contributed by atoms with Gasteiger partial charge < -0.3 is 15.1 Å². The van der Waals surface area contributed by atoms with Gasteiger partial charge in [-0.1, -0.05) is 6.07 Å². The molecule has 2 aromatic heterocycles. The monoisotopic (exact) mass is 338 g/mol. The van der Waals surface area contributed by atoms with Crippen LogP contribution in [0.3, 0.4) is 0 Å². The minimum absolute atomic E-state index is 0.0340. The van der Waals surface area contributed by atoms with E-state index in [9.17, 15) is 4.79 Å². The van der Waals surface area contributed by atoms with Gasteiger partial charge in [-0.25, -0.2) is 19.4 Å². The Kier molecular flexibility index (Phi) is 3.93. The van der Waals surface area contributed by atoms with Crippen molar-refractivity contribution in [3.63, 3.8) is 0 Å². The maximum Gasteiger partial charge on any atom is 0.319 e. The number of carbonyl (C=O) groups is 1. The van der Waals surface area contributed by atoms with E-state index in [1.54, 1.807) is 12.5 Å². The van der Waals surface area contributed by atoms with Crippen LogP contribution in [0.4, 0.5) is 10.5 Å². The molecule has 1 aromatic carbocycles. The van der Waals surface area contributed by atoms with Crippen LogP contribution in [-0.2, 0) is 13.0 Å². The van der Waals surface area contributed by atoms with Crippen molar-refractivity contribution >= 4 is 11.7 Å². The smallest absolute Gasteiger partial charge is 0.319 e. The predicted molar refractivity (Wildman–Crippen MR) is 91.0 cm³/mol. The Hall–Kier alpha value is -3.16. The summed E-state index contributed by atoms with van der Waals surface area (Å²) in [5, 5.41) is 10.0. The van der Waals surface area contributed by atoms with Crippen molar-refractivity contribution in [3.05, 3.63) is 48.4 Å². The Morgan fingerprint density at radius 3 is 3.12 bits per heavy atom. The van der Waals surface area contributed by atoms with Crippen LogP contribution in [-0.4, -0.2) is 31.8 Å². The molecular formula is C17H18N6O2. The largest absolute Gasteiger partial charge is 0.441 e. The first-order valence-corrected chi connectivity index (χ1v) is 8.14. The van der Waals surface area contributed by atoms with Crippen molar-refractivity contribution in [2.75, 3.05) is 5.32 Å². The fourth-order valence-electron chi connectivity index (χ4n) is 2.93. The van der Waals surface area contributed by atoms with Crippen molar-refractivity contribution < 1.29 is 9.21 Å². The van der Waals surface area contributed by atoms with Gasteiger partial charge >= 0.3 is 6.03 Å². The van der Waals surface area contributed by atoms with Crippen molar-refractivity contribution in [2.45, 2.75) is 32.4 Å². The van der Waals surface area contributed by atoms with E-state index in [1.165, 1.54) is 0 Å². The molecule has 25 heavy (non-hydrogen) atoms. The summed E-state index contributed by atoms with van der Waals surface area (Å²) in [6, 6.07) is 7.20. The Bertz CT molecular complexity index is 900. The number of aromatic nitrogens is 4. The van der Waals surface area contributed by atoms with Crippen LogP contribution in [0.15, 0.2) is 41.2 Å². The summed E-state index contributed by atoms with van der Waals surface area (Å²) >= 11 is 0. The Morgan fingerprint density at radius 2 is 2.28 bits per heavy atom. The fraction of sp³-hybridized carbons (Fsp3) is 0.294. The molecule has 0 bridgehead atoms. The van der Waals surface area contributed by atoms with E-state index < -0.39 is 0 Å². The van der Waals surface area contributed by atoms with Gasteiger partial charge in [0, 0.05) is 17.7 Å². The van der Waals surface area contributed by atoms with Gasteiger partial charge in [-0.3, -0.25) is 0 Å². The third-order valence-corrected chi connectivity index (χ3v) is 4.13. The van der Waals surface area contributed by atoms with Crippen LogP contribution < -0.4 is 10.6 Å². The molecule has 0 saturated heterocycles. The highest BCUT2D eigenvalue weighted by Crippen LogP contribution is 2.22. The predicted octanol–water partition coefficient (Wildman–Crippen LogP) is 2.38. The molecule has 8 heteroatoms. The van der Waals surface area contributed by atoms with Gasteiger partial charge in [0.05, 0.1) is 18.8 Å². The number of nitrogens with zero attached hydrogens (tertiary/aromatic N) is 4. The quantitative estimate of drug-likeness (QED) is 0.764. The number of rotatable bonds is 3. The lowest BCUT2D eigenvalue weighted by Gasteiger charge is -2.23. The summed E-state index contributed by atoms with van der Waals surface area (Å²) in [5.74, 6) is 2.25. The molecule has 0 spiro atoms. The number of hydrogen-bond donors (Lipinski definition) is 2. The number of anilines is 1. The number of amides is 2. The molecule has 2 amide bonds. The summed E-state index contributed by atoms with van der Waals surface area (Å²) in [7, 11) is 0. The lowest BCUT2D eigenvalue weighted by Crippen LogP contribution is -2.43. The highest BCUT2D eigenvalue weighted by molar-refractivity contribution is 5.90. The second kappa shape index (κ2) is 6.39. The summed E-state index contributed by atoms with van der Waals surface area (Å²) in [6.45, 7) is 2.48. The third kappa shape index (κ3) is 3.37. The molecule has 0 radical (unpaired) electrons. The SMILES string of the molecule is Cc1cnc(-c2cccc(NC(=O)N[C@@H]3CCc4ncnn4C3)c2)o1. The minimum Gasteiger partial charge on any atom is -0.441 e. The van der Waals surface area contributed by atoms with Crippen molar-refractivity contribution in [3.8, 4) is 11.5 Å². The topological polar surface area (TPSA) is 97.9 Å². The highest BCUT2D eigenvalue weighted by atomic mass is 16.4. The van der Waals surface area contributed by atoms with Crippen LogP contribution >= 0.6 is 0 Å². The summed E-state index contributed by atoms with van der Waals surface area (Å²) < 4.78 is 7.35. The van der Waals surface area contributed by atoms with E-state index in [4.69, 9.17) is 4.42 Å². The van der Waals surface area contributed by atoms with E-state index in [-0.39, 0.29) is 12.1 Å². The molecule has 8 nitrogen and oxygen atoms in total. The molecule has 4 rings (SSSR count). The number of urea groups is 1. The summed E-state index contributed by atoms with van der Waals surface area (Å²) in [4.78, 5) is 20.7. The maximum atomic E-state index is 12.3. The van der Waals surface area contributed by atoms with Crippen molar-refractivity contribution in [1.82, 2.24) is 25.1 Å². The molecule has 0 saturated carbocycles. The van der Waals surface area contributed by atoms with E-state index in [0.29, 0.717) is 18.1 Å². The van der Waals surface area contributed by atoms with Crippen LogP contribution in [0, 0.1) is 6.92 Å². The van der Waals surface area contributed by atoms with Gasteiger partial charge in [0.1, 0.15) is 17.9 Å². The minimum atomic E-state index is -0.241. The number of fused-ring (bicyclic) bond motifs is 1. The second-order valence-corrected chi connectivity index (χ2v) is 6.05.